The molecule has 7 nitrogen and oxygen atoms in total. The molecule has 3 rings (SSSR count). The molecular formula is C21H23ClN4O3. The number of rotatable bonds is 5. The molecule has 1 aromatic heterocycles. The summed E-state index contributed by atoms with van der Waals surface area (Å²) in [4.78, 5) is 24.7. The van der Waals surface area contributed by atoms with Gasteiger partial charge in [0.1, 0.15) is 11.9 Å². The van der Waals surface area contributed by atoms with Crippen LogP contribution in [0.25, 0.3) is 0 Å². The molecule has 1 saturated carbocycles. The van der Waals surface area contributed by atoms with Crippen molar-refractivity contribution in [3.8, 4) is 6.07 Å². The highest BCUT2D eigenvalue weighted by Crippen LogP contribution is 2.37. The van der Waals surface area contributed by atoms with Crippen LogP contribution in [0.3, 0.4) is 0 Å². The molecule has 0 saturated heterocycles. The zero-order valence-electron chi connectivity index (χ0n) is 16.4. The molecule has 1 aliphatic carbocycles. The number of nitrogens with one attached hydrogen (secondary N) is 1. The Morgan fingerprint density at radius 1 is 1.34 bits per heavy atom. The van der Waals surface area contributed by atoms with Crippen molar-refractivity contribution in [1.29, 1.82) is 5.26 Å². The first kappa shape index (κ1) is 20.7. The van der Waals surface area contributed by atoms with Crippen LogP contribution in [-0.4, -0.2) is 23.1 Å². The fourth-order valence-electron chi connectivity index (χ4n) is 3.80. The van der Waals surface area contributed by atoms with Crippen LogP contribution in [0, 0.1) is 25.2 Å². The molecule has 0 bridgehead atoms. The van der Waals surface area contributed by atoms with Gasteiger partial charge in [-0.25, -0.2) is 4.79 Å². The van der Waals surface area contributed by atoms with Gasteiger partial charge in [0.05, 0.1) is 11.1 Å². The summed E-state index contributed by atoms with van der Waals surface area (Å²) in [6.45, 7) is 3.34. The number of carbonyl (C=O) groups is 2. The number of esters is 1. The first-order chi connectivity index (χ1) is 13.8. The maximum Gasteiger partial charge on any atom is 0.340 e. The zero-order chi connectivity index (χ0) is 21.1. The van der Waals surface area contributed by atoms with Crippen LogP contribution >= 0.6 is 11.6 Å². The van der Waals surface area contributed by atoms with E-state index in [1.807, 2.05) is 18.4 Å². The molecule has 3 N–H and O–H groups in total. The molecule has 1 heterocycles. The third kappa shape index (κ3) is 4.22. The lowest BCUT2D eigenvalue weighted by Gasteiger charge is -2.19. The molecule has 0 radical (unpaired) electrons. The highest BCUT2D eigenvalue weighted by atomic mass is 35.5. The second kappa shape index (κ2) is 8.58. The minimum atomic E-state index is -0.714. The number of nitrogens with two attached hydrogens (primary N) is 1. The first-order valence-corrected chi connectivity index (χ1v) is 9.84. The van der Waals surface area contributed by atoms with Crippen molar-refractivity contribution in [2.75, 3.05) is 17.7 Å². The van der Waals surface area contributed by atoms with Gasteiger partial charge in [0.25, 0.3) is 5.91 Å². The van der Waals surface area contributed by atoms with Gasteiger partial charge in [-0.05, 0) is 50.5 Å². The Bertz CT molecular complexity index is 1000. The van der Waals surface area contributed by atoms with Crippen LogP contribution in [0.4, 0.5) is 11.5 Å². The SMILES string of the molecule is Cc1c(C#N)c(NC(=O)COC(=O)c2ccc(Cl)cc2N)n(C2CCCC2)c1C. The molecule has 152 valence electrons. The van der Waals surface area contributed by atoms with Gasteiger partial charge in [-0.3, -0.25) is 4.79 Å². The van der Waals surface area contributed by atoms with Crippen LogP contribution in [0.5, 0.6) is 0 Å². The minimum Gasteiger partial charge on any atom is -0.452 e. The molecule has 1 aliphatic rings. The van der Waals surface area contributed by atoms with Crippen LogP contribution in [0.15, 0.2) is 18.2 Å². The summed E-state index contributed by atoms with van der Waals surface area (Å²) in [5, 5.41) is 12.8. The lowest BCUT2D eigenvalue weighted by atomic mass is 10.2. The number of hydrogen-bond donors (Lipinski definition) is 2. The molecular weight excluding hydrogens is 392 g/mol. The Morgan fingerprint density at radius 3 is 2.66 bits per heavy atom. The van der Waals surface area contributed by atoms with Crippen molar-refractivity contribution in [1.82, 2.24) is 4.57 Å². The second-order valence-corrected chi connectivity index (χ2v) is 7.65. The topological polar surface area (TPSA) is 110 Å². The van der Waals surface area contributed by atoms with Gasteiger partial charge in [0.15, 0.2) is 6.61 Å². The quantitative estimate of drug-likeness (QED) is 0.564. The van der Waals surface area contributed by atoms with E-state index in [0.717, 1.165) is 36.9 Å². The number of nitrogen functional groups attached to an aromatic ring is 1. The van der Waals surface area contributed by atoms with E-state index in [0.29, 0.717) is 16.4 Å². The highest BCUT2D eigenvalue weighted by Gasteiger charge is 2.27. The number of halogens is 1. The van der Waals surface area contributed by atoms with Gasteiger partial charge in [0, 0.05) is 22.4 Å². The van der Waals surface area contributed by atoms with Gasteiger partial charge in [-0.2, -0.15) is 5.26 Å². The molecule has 0 atom stereocenters. The van der Waals surface area contributed by atoms with Gasteiger partial charge in [0.2, 0.25) is 0 Å². The zero-order valence-corrected chi connectivity index (χ0v) is 17.2. The van der Waals surface area contributed by atoms with Gasteiger partial charge in [-0.15, -0.1) is 0 Å². The highest BCUT2D eigenvalue weighted by molar-refractivity contribution is 6.31. The summed E-state index contributed by atoms with van der Waals surface area (Å²) in [6, 6.07) is 6.85. The smallest absolute Gasteiger partial charge is 0.340 e. The Morgan fingerprint density at radius 2 is 2.03 bits per heavy atom. The third-order valence-electron chi connectivity index (χ3n) is 5.38. The summed E-state index contributed by atoms with van der Waals surface area (Å²) in [5.41, 5.74) is 8.35. The largest absolute Gasteiger partial charge is 0.452 e. The molecule has 0 unspecified atom stereocenters. The van der Waals surface area contributed by atoms with Crippen LogP contribution in [0.1, 0.15) is 58.9 Å². The lowest BCUT2D eigenvalue weighted by molar-refractivity contribution is -0.119. The number of carbonyl (C=O) groups excluding carboxylic acids is 2. The van der Waals surface area contributed by atoms with E-state index in [1.165, 1.54) is 18.2 Å². The summed E-state index contributed by atoms with van der Waals surface area (Å²) >= 11 is 5.83. The third-order valence-corrected chi connectivity index (χ3v) is 5.62. The fourth-order valence-corrected chi connectivity index (χ4v) is 3.98. The summed E-state index contributed by atoms with van der Waals surface area (Å²) < 4.78 is 7.13. The Labute approximate surface area is 174 Å². The van der Waals surface area contributed by atoms with Gasteiger partial charge >= 0.3 is 5.97 Å². The first-order valence-electron chi connectivity index (χ1n) is 9.47. The van der Waals surface area contributed by atoms with E-state index in [2.05, 4.69) is 11.4 Å². The molecule has 1 aromatic carbocycles. The Hall–Kier alpha value is -2.98. The van der Waals surface area contributed by atoms with E-state index < -0.39 is 18.5 Å². The van der Waals surface area contributed by atoms with Crippen molar-refractivity contribution >= 4 is 35.0 Å². The summed E-state index contributed by atoms with van der Waals surface area (Å²) in [6.07, 6.45) is 4.26. The number of hydrogen-bond acceptors (Lipinski definition) is 5. The number of anilines is 2. The number of nitrogens with zero attached hydrogens (tertiary/aromatic N) is 2. The van der Waals surface area contributed by atoms with Crippen molar-refractivity contribution in [2.24, 2.45) is 0 Å². The number of nitriles is 1. The van der Waals surface area contributed by atoms with Crippen molar-refractivity contribution < 1.29 is 14.3 Å². The summed E-state index contributed by atoms with van der Waals surface area (Å²) in [5.74, 6) is -0.756. The van der Waals surface area contributed by atoms with Crippen molar-refractivity contribution in [2.45, 2.75) is 45.6 Å². The van der Waals surface area contributed by atoms with Crippen molar-refractivity contribution in [3.63, 3.8) is 0 Å². The average molecular weight is 415 g/mol. The monoisotopic (exact) mass is 414 g/mol. The molecule has 8 heteroatoms. The van der Waals surface area contributed by atoms with Gasteiger partial charge < -0.3 is 20.4 Å². The average Bonchev–Trinajstić information content (AvgIpc) is 3.27. The molecule has 0 spiro atoms. The van der Waals surface area contributed by atoms with Crippen LogP contribution < -0.4 is 11.1 Å². The standard InChI is InChI=1S/C21H23ClN4O3/c1-12-13(2)26(15-5-3-4-6-15)20(17(12)10-23)25-19(27)11-29-21(28)16-8-7-14(22)9-18(16)24/h7-9,15H,3-6,11,24H2,1-2H3,(H,25,27). The number of benzene rings is 1. The van der Waals surface area contributed by atoms with E-state index in [-0.39, 0.29) is 17.3 Å². The van der Waals surface area contributed by atoms with Crippen LogP contribution in [0.2, 0.25) is 5.02 Å². The van der Waals surface area contributed by atoms with Gasteiger partial charge in [-0.1, -0.05) is 24.4 Å². The molecule has 1 amide bonds. The van der Waals surface area contributed by atoms with E-state index >= 15 is 0 Å². The fraction of sp³-hybridized carbons (Fsp3) is 0.381. The second-order valence-electron chi connectivity index (χ2n) is 7.21. The normalized spacial score (nSPS) is 13.9. The Kier molecular flexibility index (Phi) is 6.14. The predicted molar refractivity (Wildman–Crippen MR) is 111 cm³/mol. The van der Waals surface area contributed by atoms with E-state index in [9.17, 15) is 14.9 Å². The number of aromatic nitrogens is 1. The maximum atomic E-state index is 12.5. The number of amides is 1. The molecule has 2 aromatic rings. The van der Waals surface area contributed by atoms with E-state index in [1.54, 1.807) is 0 Å². The Balaban J connectivity index is 1.74. The van der Waals surface area contributed by atoms with E-state index in [4.69, 9.17) is 22.1 Å². The van der Waals surface area contributed by atoms with Crippen molar-refractivity contribution in [3.05, 3.63) is 45.6 Å². The number of ether oxygens (including phenoxy) is 1. The minimum absolute atomic E-state index is 0.140. The summed E-state index contributed by atoms with van der Waals surface area (Å²) in [7, 11) is 0. The maximum absolute atomic E-state index is 12.5. The lowest BCUT2D eigenvalue weighted by Crippen LogP contribution is -2.24. The van der Waals surface area contributed by atoms with Crippen LogP contribution in [-0.2, 0) is 9.53 Å². The molecule has 29 heavy (non-hydrogen) atoms. The molecule has 1 fully saturated rings. The molecule has 0 aliphatic heterocycles. The predicted octanol–water partition coefficient (Wildman–Crippen LogP) is 4.12.